The van der Waals surface area contributed by atoms with Crippen LogP contribution in [0.2, 0.25) is 0 Å². The fourth-order valence-electron chi connectivity index (χ4n) is 4.13. The number of ether oxygens (including phenoxy) is 1. The number of aromatic nitrogens is 3. The molecule has 0 aromatic carbocycles. The third-order valence-electron chi connectivity index (χ3n) is 5.78. The molecule has 2 N–H and O–H groups in total. The summed E-state index contributed by atoms with van der Waals surface area (Å²) in [6, 6.07) is 2.60. The molecule has 2 aliphatic rings. The molecule has 0 spiro atoms. The number of anilines is 2. The van der Waals surface area contributed by atoms with Crippen molar-refractivity contribution < 1.29 is 4.74 Å². The molecule has 28 heavy (non-hydrogen) atoms. The summed E-state index contributed by atoms with van der Waals surface area (Å²) in [7, 11) is 0. The van der Waals surface area contributed by atoms with E-state index in [1.807, 2.05) is 6.20 Å². The van der Waals surface area contributed by atoms with Gasteiger partial charge >= 0.3 is 0 Å². The van der Waals surface area contributed by atoms with Crippen LogP contribution in [0.4, 0.5) is 11.6 Å². The number of fused-ring (bicyclic) bond motifs is 1. The van der Waals surface area contributed by atoms with Gasteiger partial charge in [-0.15, -0.1) is 0 Å². The molecule has 0 unspecified atom stereocenters. The third kappa shape index (κ3) is 5.29. The van der Waals surface area contributed by atoms with Crippen molar-refractivity contribution in [2.24, 2.45) is 0 Å². The van der Waals surface area contributed by atoms with Gasteiger partial charge in [0.25, 0.3) is 0 Å². The Morgan fingerprint density at radius 3 is 2.68 bits per heavy atom. The molecular formula is C21H32N6O. The third-order valence-corrected chi connectivity index (χ3v) is 5.78. The zero-order valence-corrected chi connectivity index (χ0v) is 16.7. The first-order valence-corrected chi connectivity index (χ1v) is 10.8. The van der Waals surface area contributed by atoms with Gasteiger partial charge in [0.05, 0.1) is 24.9 Å². The number of morpholine rings is 1. The summed E-state index contributed by atoms with van der Waals surface area (Å²) in [4.78, 5) is 15.9. The van der Waals surface area contributed by atoms with Crippen LogP contribution in [0.25, 0.3) is 10.9 Å². The van der Waals surface area contributed by atoms with Crippen molar-refractivity contribution in [3.63, 3.8) is 0 Å². The molecule has 1 aliphatic heterocycles. The average molecular weight is 385 g/mol. The maximum Gasteiger partial charge on any atom is 0.137 e. The van der Waals surface area contributed by atoms with Gasteiger partial charge in [-0.3, -0.25) is 4.90 Å². The molecule has 0 amide bonds. The van der Waals surface area contributed by atoms with Gasteiger partial charge in [-0.2, -0.15) is 0 Å². The topological polar surface area (TPSA) is 75.2 Å². The summed E-state index contributed by atoms with van der Waals surface area (Å²) in [6.45, 7) is 5.81. The fraction of sp³-hybridized carbons (Fsp3) is 0.667. The molecule has 152 valence electrons. The highest BCUT2D eigenvalue weighted by Crippen LogP contribution is 2.25. The number of hydrogen-bond acceptors (Lipinski definition) is 7. The van der Waals surface area contributed by atoms with Crippen molar-refractivity contribution in [1.82, 2.24) is 19.9 Å². The monoisotopic (exact) mass is 384 g/mol. The Bertz CT molecular complexity index is 741. The van der Waals surface area contributed by atoms with Crippen molar-refractivity contribution in [3.05, 3.63) is 18.6 Å². The summed E-state index contributed by atoms with van der Waals surface area (Å²) in [6.07, 6.45) is 12.3. The minimum atomic E-state index is 0.513. The minimum Gasteiger partial charge on any atom is -0.379 e. The Hall–Kier alpha value is -1.99. The van der Waals surface area contributed by atoms with Crippen LogP contribution < -0.4 is 10.6 Å². The first-order chi connectivity index (χ1) is 13.9. The second-order valence-electron chi connectivity index (χ2n) is 7.88. The van der Waals surface area contributed by atoms with Gasteiger partial charge in [-0.25, -0.2) is 15.0 Å². The zero-order chi connectivity index (χ0) is 19.0. The van der Waals surface area contributed by atoms with Crippen molar-refractivity contribution in [2.45, 2.75) is 51.0 Å². The molecule has 1 aliphatic carbocycles. The Labute approximate surface area is 167 Å². The Morgan fingerprint density at radius 1 is 1.04 bits per heavy atom. The van der Waals surface area contributed by atoms with E-state index in [-0.39, 0.29) is 0 Å². The molecule has 0 radical (unpaired) electrons. The molecule has 4 rings (SSSR count). The standard InChI is InChI=1S/C21H32N6O/c1-2-4-7-17(6-3-1)26-21-18-14-20(23-15-19(18)24-16-25-21)22-8-5-9-27-10-12-28-13-11-27/h14-17H,1-13H2,(H,22,23)(H,24,25,26). The van der Waals surface area contributed by atoms with Crippen LogP contribution in [0.3, 0.4) is 0 Å². The van der Waals surface area contributed by atoms with Crippen molar-refractivity contribution in [3.8, 4) is 0 Å². The van der Waals surface area contributed by atoms with Crippen LogP contribution in [-0.2, 0) is 4.74 Å². The Balaban J connectivity index is 1.36. The summed E-state index contributed by atoms with van der Waals surface area (Å²) in [5.41, 5.74) is 0.894. The van der Waals surface area contributed by atoms with Gasteiger partial charge in [-0.05, 0) is 31.9 Å². The lowest BCUT2D eigenvalue weighted by Crippen LogP contribution is -2.37. The van der Waals surface area contributed by atoms with Crippen molar-refractivity contribution >= 4 is 22.5 Å². The molecule has 1 saturated carbocycles. The predicted molar refractivity (Wildman–Crippen MR) is 113 cm³/mol. The maximum atomic E-state index is 5.40. The predicted octanol–water partition coefficient (Wildman–Crippen LogP) is 3.29. The van der Waals surface area contributed by atoms with Crippen LogP contribution in [-0.4, -0.2) is 65.3 Å². The van der Waals surface area contributed by atoms with E-state index in [2.05, 4.69) is 36.6 Å². The number of rotatable bonds is 7. The number of hydrogen-bond donors (Lipinski definition) is 2. The molecule has 2 aromatic heterocycles. The minimum absolute atomic E-state index is 0.513. The number of nitrogens with zero attached hydrogens (tertiary/aromatic N) is 4. The van der Waals surface area contributed by atoms with E-state index in [0.717, 1.165) is 68.4 Å². The van der Waals surface area contributed by atoms with Crippen LogP contribution in [0, 0.1) is 0 Å². The molecule has 2 fully saturated rings. The normalized spacial score (nSPS) is 19.4. The van der Waals surface area contributed by atoms with Crippen LogP contribution in [0.5, 0.6) is 0 Å². The SMILES string of the molecule is c1nc(NC2CCCCCC2)c2cc(NCCCN3CCOCC3)ncc2n1. The molecule has 0 atom stereocenters. The van der Waals surface area contributed by atoms with E-state index < -0.39 is 0 Å². The zero-order valence-electron chi connectivity index (χ0n) is 16.7. The maximum absolute atomic E-state index is 5.40. The lowest BCUT2D eigenvalue weighted by atomic mass is 10.1. The molecule has 7 heteroatoms. The lowest BCUT2D eigenvalue weighted by Gasteiger charge is -2.26. The summed E-state index contributed by atoms with van der Waals surface area (Å²) in [5.74, 6) is 1.84. The average Bonchev–Trinajstić information content (AvgIpc) is 3.01. The highest BCUT2D eigenvalue weighted by atomic mass is 16.5. The Kier molecular flexibility index (Phi) is 6.89. The van der Waals surface area contributed by atoms with Gasteiger partial charge in [0.2, 0.25) is 0 Å². The van der Waals surface area contributed by atoms with Gasteiger partial charge in [0, 0.05) is 31.1 Å². The van der Waals surface area contributed by atoms with E-state index in [0.29, 0.717) is 6.04 Å². The summed E-state index contributed by atoms with van der Waals surface area (Å²) >= 11 is 0. The van der Waals surface area contributed by atoms with Gasteiger partial charge < -0.3 is 15.4 Å². The van der Waals surface area contributed by atoms with E-state index in [9.17, 15) is 0 Å². The first-order valence-electron chi connectivity index (χ1n) is 10.8. The first kappa shape index (κ1) is 19.3. The second-order valence-corrected chi connectivity index (χ2v) is 7.88. The van der Waals surface area contributed by atoms with E-state index >= 15 is 0 Å². The van der Waals surface area contributed by atoms with E-state index in [1.54, 1.807) is 6.33 Å². The second kappa shape index (κ2) is 9.98. The van der Waals surface area contributed by atoms with E-state index in [1.165, 1.54) is 38.5 Å². The van der Waals surface area contributed by atoms with E-state index in [4.69, 9.17) is 4.74 Å². The number of pyridine rings is 1. The summed E-state index contributed by atoms with van der Waals surface area (Å²) in [5, 5.41) is 8.19. The molecule has 7 nitrogen and oxygen atoms in total. The van der Waals surface area contributed by atoms with Crippen molar-refractivity contribution in [1.29, 1.82) is 0 Å². The van der Waals surface area contributed by atoms with Gasteiger partial charge in [0.15, 0.2) is 0 Å². The van der Waals surface area contributed by atoms with Crippen LogP contribution in [0.1, 0.15) is 44.9 Å². The fourth-order valence-corrected chi connectivity index (χ4v) is 4.13. The highest BCUT2D eigenvalue weighted by Gasteiger charge is 2.15. The highest BCUT2D eigenvalue weighted by molar-refractivity contribution is 5.90. The molecule has 0 bridgehead atoms. The summed E-state index contributed by atoms with van der Waals surface area (Å²) < 4.78 is 5.40. The van der Waals surface area contributed by atoms with Crippen LogP contribution in [0.15, 0.2) is 18.6 Å². The van der Waals surface area contributed by atoms with Crippen LogP contribution >= 0.6 is 0 Å². The van der Waals surface area contributed by atoms with Crippen molar-refractivity contribution in [2.75, 3.05) is 50.0 Å². The Morgan fingerprint density at radius 2 is 1.86 bits per heavy atom. The van der Waals surface area contributed by atoms with Gasteiger partial charge in [-0.1, -0.05) is 25.7 Å². The molecule has 2 aromatic rings. The molecule has 1 saturated heterocycles. The lowest BCUT2D eigenvalue weighted by molar-refractivity contribution is 0.0378. The number of nitrogens with one attached hydrogen (secondary N) is 2. The molecular weight excluding hydrogens is 352 g/mol. The molecule has 3 heterocycles. The smallest absolute Gasteiger partial charge is 0.137 e. The quantitative estimate of drug-likeness (QED) is 0.560. The largest absolute Gasteiger partial charge is 0.379 e. The van der Waals surface area contributed by atoms with Gasteiger partial charge in [0.1, 0.15) is 18.0 Å².